The number of ether oxygens (including phenoxy) is 1. The molecule has 0 radical (unpaired) electrons. The van der Waals surface area contributed by atoms with Gasteiger partial charge in [-0.2, -0.15) is 0 Å². The van der Waals surface area contributed by atoms with E-state index in [0.29, 0.717) is 12.5 Å². The lowest BCUT2D eigenvalue weighted by Crippen LogP contribution is -2.10. The molecule has 146 valence electrons. The van der Waals surface area contributed by atoms with Crippen LogP contribution in [0.1, 0.15) is 40.0 Å². The second-order valence-electron chi connectivity index (χ2n) is 7.37. The number of rotatable bonds is 5. The van der Waals surface area contributed by atoms with E-state index in [1.54, 1.807) is 0 Å². The number of hydrogen-bond acceptors (Lipinski definition) is 3. The van der Waals surface area contributed by atoms with Crippen LogP contribution in [0.3, 0.4) is 0 Å². The maximum absolute atomic E-state index is 5.94. The van der Waals surface area contributed by atoms with E-state index in [4.69, 9.17) is 14.7 Å². The first-order chi connectivity index (χ1) is 14.9. The van der Waals surface area contributed by atoms with Crippen molar-refractivity contribution in [2.24, 2.45) is 4.99 Å². The van der Waals surface area contributed by atoms with Gasteiger partial charge in [0.15, 0.2) is 0 Å². The van der Waals surface area contributed by atoms with Crippen LogP contribution >= 0.6 is 0 Å². The third kappa shape index (κ3) is 3.74. The first-order valence-corrected chi connectivity index (χ1v) is 10.2. The minimum Gasteiger partial charge on any atom is -0.474 e. The average Bonchev–Trinajstić information content (AvgIpc) is 3.32. The highest BCUT2D eigenvalue weighted by atomic mass is 16.5. The summed E-state index contributed by atoms with van der Waals surface area (Å²) in [6.07, 6.45) is 0. The first-order valence-electron chi connectivity index (χ1n) is 10.2. The van der Waals surface area contributed by atoms with Crippen LogP contribution in [0.15, 0.2) is 114 Å². The number of pyridine rings is 1. The van der Waals surface area contributed by atoms with Crippen molar-refractivity contribution in [1.29, 1.82) is 0 Å². The molecule has 0 bridgehead atoms. The van der Waals surface area contributed by atoms with E-state index in [9.17, 15) is 0 Å². The van der Waals surface area contributed by atoms with Crippen molar-refractivity contribution >= 4 is 5.90 Å². The van der Waals surface area contributed by atoms with Gasteiger partial charge < -0.3 is 4.74 Å². The Morgan fingerprint density at radius 2 is 1.27 bits per heavy atom. The van der Waals surface area contributed by atoms with Crippen LogP contribution in [-0.4, -0.2) is 17.5 Å². The molecule has 0 saturated carbocycles. The van der Waals surface area contributed by atoms with Gasteiger partial charge in [-0.25, -0.2) is 9.98 Å². The Hall–Kier alpha value is -3.72. The van der Waals surface area contributed by atoms with Gasteiger partial charge in [-0.05, 0) is 28.8 Å². The van der Waals surface area contributed by atoms with E-state index < -0.39 is 0 Å². The molecule has 0 N–H and O–H groups in total. The fourth-order valence-corrected chi connectivity index (χ4v) is 3.92. The van der Waals surface area contributed by atoms with Crippen LogP contribution < -0.4 is 0 Å². The minimum absolute atomic E-state index is 0.0192. The lowest BCUT2D eigenvalue weighted by atomic mass is 9.88. The fourth-order valence-electron chi connectivity index (χ4n) is 3.92. The zero-order chi connectivity index (χ0) is 20.2. The van der Waals surface area contributed by atoms with Crippen molar-refractivity contribution in [3.8, 4) is 0 Å². The summed E-state index contributed by atoms with van der Waals surface area (Å²) in [6, 6.07) is 37.4. The Balaban J connectivity index is 1.52. The predicted octanol–water partition coefficient (Wildman–Crippen LogP) is 5.78. The Bertz CT molecular complexity index is 1100. The van der Waals surface area contributed by atoms with E-state index in [1.807, 2.05) is 42.5 Å². The maximum atomic E-state index is 5.94. The summed E-state index contributed by atoms with van der Waals surface area (Å²) in [5, 5.41) is 0. The average molecular weight is 390 g/mol. The van der Waals surface area contributed by atoms with E-state index in [-0.39, 0.29) is 12.0 Å². The zero-order valence-electron chi connectivity index (χ0n) is 16.6. The molecule has 3 nitrogen and oxygen atoms in total. The van der Waals surface area contributed by atoms with E-state index in [1.165, 1.54) is 11.1 Å². The largest absolute Gasteiger partial charge is 0.474 e. The molecule has 1 aromatic heterocycles. The van der Waals surface area contributed by atoms with Crippen molar-refractivity contribution in [3.63, 3.8) is 0 Å². The summed E-state index contributed by atoms with van der Waals surface area (Å²) >= 11 is 0. The number of nitrogens with zero attached hydrogens (tertiary/aromatic N) is 2. The van der Waals surface area contributed by atoms with Gasteiger partial charge in [-0.15, -0.1) is 0 Å². The molecule has 3 heteroatoms. The fraction of sp³-hybridized carbons (Fsp3) is 0.111. The normalized spacial score (nSPS) is 15.6. The molecule has 1 aliphatic heterocycles. The Morgan fingerprint density at radius 3 is 1.90 bits per heavy atom. The van der Waals surface area contributed by atoms with E-state index in [0.717, 1.165) is 17.0 Å². The molecule has 0 spiro atoms. The van der Waals surface area contributed by atoms with Gasteiger partial charge >= 0.3 is 0 Å². The molecule has 1 atom stereocenters. The summed E-state index contributed by atoms with van der Waals surface area (Å²) in [6.45, 7) is 0.548. The van der Waals surface area contributed by atoms with Gasteiger partial charge in [-0.3, -0.25) is 0 Å². The Morgan fingerprint density at radius 1 is 0.667 bits per heavy atom. The van der Waals surface area contributed by atoms with Crippen LogP contribution in [0.25, 0.3) is 0 Å². The van der Waals surface area contributed by atoms with Crippen molar-refractivity contribution < 1.29 is 4.74 Å². The molecular formula is C27H22N2O. The van der Waals surface area contributed by atoms with Gasteiger partial charge in [0.1, 0.15) is 18.3 Å². The lowest BCUT2D eigenvalue weighted by Gasteiger charge is -2.18. The minimum atomic E-state index is 0.0192. The molecule has 0 saturated heterocycles. The van der Waals surface area contributed by atoms with Crippen molar-refractivity contribution in [2.75, 3.05) is 6.61 Å². The van der Waals surface area contributed by atoms with E-state index >= 15 is 0 Å². The van der Waals surface area contributed by atoms with Crippen LogP contribution in [0.4, 0.5) is 0 Å². The Labute approximate surface area is 176 Å². The summed E-state index contributed by atoms with van der Waals surface area (Å²) in [5.74, 6) is 0.671. The predicted molar refractivity (Wildman–Crippen MR) is 120 cm³/mol. The van der Waals surface area contributed by atoms with E-state index in [2.05, 4.69) is 66.7 Å². The van der Waals surface area contributed by atoms with Gasteiger partial charge in [-0.1, -0.05) is 97.1 Å². The molecule has 0 aliphatic carbocycles. The Kier molecular flexibility index (Phi) is 5.09. The highest BCUT2D eigenvalue weighted by molar-refractivity contribution is 5.93. The number of aliphatic imine (C=N–C) groups is 1. The molecular weight excluding hydrogens is 368 g/mol. The molecule has 4 aromatic rings. The van der Waals surface area contributed by atoms with Crippen LogP contribution in [-0.2, 0) is 4.74 Å². The molecule has 5 rings (SSSR count). The molecule has 3 aromatic carbocycles. The molecule has 30 heavy (non-hydrogen) atoms. The molecule has 0 fully saturated rings. The van der Waals surface area contributed by atoms with Crippen molar-refractivity contribution in [2.45, 2.75) is 12.0 Å². The first kappa shape index (κ1) is 18.3. The summed E-state index contributed by atoms with van der Waals surface area (Å²) in [5.41, 5.74) is 5.35. The molecule has 2 heterocycles. The third-order valence-corrected chi connectivity index (χ3v) is 5.39. The van der Waals surface area contributed by atoms with Gasteiger partial charge in [0.05, 0.1) is 11.6 Å². The maximum Gasteiger partial charge on any atom is 0.236 e. The summed E-state index contributed by atoms with van der Waals surface area (Å²) in [4.78, 5) is 9.79. The second kappa shape index (κ2) is 8.34. The van der Waals surface area contributed by atoms with Crippen LogP contribution in [0, 0.1) is 0 Å². The van der Waals surface area contributed by atoms with Gasteiger partial charge in [0.25, 0.3) is 0 Å². The number of hydrogen-bond donors (Lipinski definition) is 0. The quantitative estimate of drug-likeness (QED) is 0.433. The lowest BCUT2D eigenvalue weighted by molar-refractivity contribution is 0.319. The number of aromatic nitrogens is 1. The SMILES string of the molecule is c1ccc(C(c2ccccc2)c2cccc(C3=N[C@H](c4ccccc4)CO3)n2)cc1. The highest BCUT2D eigenvalue weighted by Crippen LogP contribution is 2.31. The molecule has 1 aliphatic rings. The zero-order valence-corrected chi connectivity index (χ0v) is 16.6. The van der Waals surface area contributed by atoms with Crippen LogP contribution in [0.2, 0.25) is 0 Å². The standard InChI is InChI=1S/C27H22N2O/c1-4-11-20(12-5-1)25-19-30-27(29-25)24-18-10-17-23(28-24)26(21-13-6-2-7-14-21)22-15-8-3-9-16-22/h1-18,25-26H,19H2/t25-/m0/s1. The van der Waals surface area contributed by atoms with Crippen molar-refractivity contribution in [3.05, 3.63) is 137 Å². The summed E-state index contributed by atoms with van der Waals surface area (Å²) in [7, 11) is 0. The van der Waals surface area contributed by atoms with Gasteiger partial charge in [0, 0.05) is 0 Å². The molecule has 0 unspecified atom stereocenters. The topological polar surface area (TPSA) is 34.5 Å². The summed E-state index contributed by atoms with van der Waals surface area (Å²) < 4.78 is 5.94. The van der Waals surface area contributed by atoms with Crippen molar-refractivity contribution in [1.82, 2.24) is 4.98 Å². The molecule has 0 amide bonds. The van der Waals surface area contributed by atoms with Gasteiger partial charge in [0.2, 0.25) is 5.90 Å². The van der Waals surface area contributed by atoms with Crippen LogP contribution in [0.5, 0.6) is 0 Å². The second-order valence-corrected chi connectivity index (χ2v) is 7.37. The monoisotopic (exact) mass is 390 g/mol. The number of benzene rings is 3. The highest BCUT2D eigenvalue weighted by Gasteiger charge is 2.24. The third-order valence-electron chi connectivity index (χ3n) is 5.39. The smallest absolute Gasteiger partial charge is 0.236 e.